The van der Waals surface area contributed by atoms with Crippen molar-refractivity contribution in [2.45, 2.75) is 88.2 Å². The molecular formula is C27H36N2O7. The van der Waals surface area contributed by atoms with E-state index < -0.39 is 41.2 Å². The quantitative estimate of drug-likeness (QED) is 0.501. The molecule has 9 nitrogen and oxygen atoms in total. The third kappa shape index (κ3) is 3.55. The number of carbonyl (C=O) groups is 2. The van der Waals surface area contributed by atoms with E-state index in [0.29, 0.717) is 25.0 Å². The van der Waals surface area contributed by atoms with E-state index in [1.165, 1.54) is 6.92 Å². The van der Waals surface area contributed by atoms with Gasteiger partial charge in [0.15, 0.2) is 23.7 Å². The molecule has 2 aliphatic carbocycles. The van der Waals surface area contributed by atoms with Crippen LogP contribution in [0.15, 0.2) is 24.0 Å². The molecule has 1 saturated heterocycles. The van der Waals surface area contributed by atoms with Crippen molar-refractivity contribution in [2.75, 3.05) is 13.6 Å². The lowest BCUT2D eigenvalue weighted by molar-refractivity contribution is -0.168. The lowest BCUT2D eigenvalue weighted by atomic mass is 9.52. The number of esters is 2. The topological polar surface area (TPSA) is 132 Å². The van der Waals surface area contributed by atoms with Gasteiger partial charge in [-0.05, 0) is 69.8 Å². The van der Waals surface area contributed by atoms with Gasteiger partial charge >= 0.3 is 11.9 Å². The average Bonchev–Trinajstić information content (AvgIpc) is 3.15. The minimum Gasteiger partial charge on any atom is -0.504 e. The van der Waals surface area contributed by atoms with Crippen LogP contribution < -0.4 is 10.5 Å². The Bertz CT molecular complexity index is 1120. The molecule has 4 aliphatic rings. The van der Waals surface area contributed by atoms with E-state index in [-0.39, 0.29) is 29.9 Å². The molecule has 6 atom stereocenters. The van der Waals surface area contributed by atoms with Gasteiger partial charge in [-0.2, -0.15) is 0 Å². The minimum absolute atomic E-state index is 0.00282. The number of aliphatic hydroxyl groups is 1. The Hall–Kier alpha value is -2.62. The summed E-state index contributed by atoms with van der Waals surface area (Å²) < 4.78 is 17.4. The zero-order valence-corrected chi connectivity index (χ0v) is 21.3. The molecule has 36 heavy (non-hydrogen) atoms. The standard InChI is InChI=1S/C27H36N2O7/c1-14(2)12-17(28)25(32)34-15(3)24(31)35-19-8-10-27(33)20-13-16-6-7-18(30)22-21(16)26(27,23(19)36-22)9-5-11-29(20)4/h6-8,14-15,17,20,23,30,33H,5,9-13,28H2,1-4H3/t15-,17-,20+,23-,26-,27+/m0/s1. The summed E-state index contributed by atoms with van der Waals surface area (Å²) in [5.41, 5.74) is 5.73. The van der Waals surface area contributed by atoms with E-state index >= 15 is 0 Å². The summed E-state index contributed by atoms with van der Waals surface area (Å²) in [5.74, 6) is -0.564. The van der Waals surface area contributed by atoms with Gasteiger partial charge in [-0.3, -0.25) is 4.79 Å². The Balaban J connectivity index is 1.45. The highest BCUT2D eigenvalue weighted by molar-refractivity contribution is 5.82. The number of nitrogens with two attached hydrogens (primary N) is 1. The number of carbonyl (C=O) groups excluding carboxylic acids is 2. The second-order valence-electron chi connectivity index (χ2n) is 11.2. The molecule has 0 amide bonds. The molecule has 0 radical (unpaired) electrons. The third-order valence-corrected chi connectivity index (χ3v) is 8.45. The molecule has 2 heterocycles. The molecule has 0 unspecified atom stereocenters. The largest absolute Gasteiger partial charge is 0.504 e. The van der Waals surface area contributed by atoms with Gasteiger partial charge in [0.2, 0.25) is 0 Å². The average molecular weight is 501 g/mol. The van der Waals surface area contributed by atoms with Crippen molar-refractivity contribution < 1.29 is 34.0 Å². The molecule has 1 spiro atoms. The van der Waals surface area contributed by atoms with E-state index in [0.717, 1.165) is 24.1 Å². The molecule has 4 N–H and O–H groups in total. The highest BCUT2D eigenvalue weighted by Gasteiger charge is 2.71. The third-order valence-electron chi connectivity index (χ3n) is 8.45. The summed E-state index contributed by atoms with van der Waals surface area (Å²) in [4.78, 5) is 27.5. The van der Waals surface area contributed by atoms with Gasteiger partial charge in [0.25, 0.3) is 0 Å². The van der Waals surface area contributed by atoms with Gasteiger partial charge in [0, 0.05) is 18.0 Å². The van der Waals surface area contributed by atoms with Crippen LogP contribution >= 0.6 is 0 Å². The number of ether oxygens (including phenoxy) is 3. The molecule has 0 aromatic heterocycles. The number of likely N-dealkylation sites (tertiary alicyclic amines) is 1. The van der Waals surface area contributed by atoms with Gasteiger partial charge in [0.05, 0.1) is 11.0 Å². The number of hydrogen-bond donors (Lipinski definition) is 3. The van der Waals surface area contributed by atoms with Crippen molar-refractivity contribution in [1.82, 2.24) is 4.90 Å². The summed E-state index contributed by atoms with van der Waals surface area (Å²) in [6.07, 6.45) is 2.54. The van der Waals surface area contributed by atoms with Crippen LogP contribution in [0.1, 0.15) is 57.6 Å². The molecule has 9 heteroatoms. The predicted molar refractivity (Wildman–Crippen MR) is 130 cm³/mol. The van der Waals surface area contributed by atoms with Crippen LogP contribution in [0.3, 0.4) is 0 Å². The molecule has 1 aromatic rings. The zero-order valence-electron chi connectivity index (χ0n) is 21.3. The van der Waals surface area contributed by atoms with Crippen LogP contribution in [0.25, 0.3) is 0 Å². The van der Waals surface area contributed by atoms with Gasteiger partial charge in [-0.25, -0.2) is 4.79 Å². The molecular weight excluding hydrogens is 464 g/mol. The first-order valence-electron chi connectivity index (χ1n) is 12.8. The molecule has 1 aromatic carbocycles. The number of benzene rings is 1. The van der Waals surface area contributed by atoms with Crippen molar-refractivity contribution in [1.29, 1.82) is 0 Å². The fourth-order valence-corrected chi connectivity index (χ4v) is 6.81. The van der Waals surface area contributed by atoms with E-state index in [4.69, 9.17) is 19.9 Å². The van der Waals surface area contributed by atoms with Crippen molar-refractivity contribution >= 4 is 11.9 Å². The van der Waals surface area contributed by atoms with Crippen LogP contribution in [0.5, 0.6) is 11.5 Å². The summed E-state index contributed by atoms with van der Waals surface area (Å²) in [7, 11) is 2.03. The number of rotatable bonds is 6. The van der Waals surface area contributed by atoms with Crippen LogP contribution in [-0.4, -0.2) is 70.5 Å². The first kappa shape index (κ1) is 25.0. The van der Waals surface area contributed by atoms with Gasteiger partial charge < -0.3 is 35.1 Å². The lowest BCUT2D eigenvalue weighted by Gasteiger charge is -2.56. The Labute approximate surface area is 211 Å². The molecule has 196 valence electrons. The second-order valence-corrected chi connectivity index (χ2v) is 11.2. The van der Waals surface area contributed by atoms with Crippen molar-refractivity contribution in [2.24, 2.45) is 11.7 Å². The number of phenolic OH excluding ortho intramolecular Hbond substituents is 1. The Morgan fingerprint density at radius 1 is 1.28 bits per heavy atom. The normalized spacial score (nSPS) is 32.0. The number of aromatic hydroxyl groups is 1. The summed E-state index contributed by atoms with van der Waals surface area (Å²) in [5, 5.41) is 23.0. The van der Waals surface area contributed by atoms with E-state index in [2.05, 4.69) is 4.90 Å². The molecule has 2 bridgehead atoms. The van der Waals surface area contributed by atoms with Crippen LogP contribution in [-0.2, 0) is 30.9 Å². The van der Waals surface area contributed by atoms with Gasteiger partial charge in [-0.15, -0.1) is 0 Å². The summed E-state index contributed by atoms with van der Waals surface area (Å²) in [6, 6.07) is 2.55. The number of phenols is 1. The summed E-state index contributed by atoms with van der Waals surface area (Å²) >= 11 is 0. The van der Waals surface area contributed by atoms with Crippen molar-refractivity contribution in [3.63, 3.8) is 0 Å². The Kier molecular flexibility index (Phi) is 6.08. The first-order valence-corrected chi connectivity index (χ1v) is 12.8. The summed E-state index contributed by atoms with van der Waals surface area (Å²) in [6.45, 7) is 6.16. The Morgan fingerprint density at radius 2 is 2.03 bits per heavy atom. The van der Waals surface area contributed by atoms with Gasteiger partial charge in [-0.1, -0.05) is 19.9 Å². The van der Waals surface area contributed by atoms with Gasteiger partial charge in [0.1, 0.15) is 11.8 Å². The number of nitrogens with zero attached hydrogens (tertiary/aromatic N) is 1. The second kappa shape index (κ2) is 8.75. The molecule has 2 aliphatic heterocycles. The Morgan fingerprint density at radius 3 is 2.75 bits per heavy atom. The van der Waals surface area contributed by atoms with Crippen molar-refractivity contribution in [3.8, 4) is 11.5 Å². The SMILES string of the molecule is CC(C)C[C@H](N)C(=O)O[C@@H](C)C(=O)OC1=CC[C@@]2(O)[C@H]3Cc4ccc(O)c5c4[C@@]2(CCCN3C)[C@H]1O5. The van der Waals surface area contributed by atoms with E-state index in [1.807, 2.05) is 27.0 Å². The number of hydrogen-bond acceptors (Lipinski definition) is 9. The fourth-order valence-electron chi connectivity index (χ4n) is 6.81. The highest BCUT2D eigenvalue weighted by Crippen LogP contribution is 2.64. The van der Waals surface area contributed by atoms with Crippen LogP contribution in [0, 0.1) is 5.92 Å². The molecule has 1 fully saturated rings. The zero-order chi connectivity index (χ0) is 26.0. The maximum atomic E-state index is 13.0. The van der Waals surface area contributed by atoms with Crippen molar-refractivity contribution in [3.05, 3.63) is 35.1 Å². The van der Waals surface area contributed by atoms with Crippen LogP contribution in [0.4, 0.5) is 0 Å². The maximum Gasteiger partial charge on any atom is 0.352 e. The first-order chi connectivity index (χ1) is 17.0. The lowest BCUT2D eigenvalue weighted by Crippen LogP contribution is -2.69. The molecule has 5 rings (SSSR count). The smallest absolute Gasteiger partial charge is 0.352 e. The fraction of sp³-hybridized carbons (Fsp3) is 0.630. The minimum atomic E-state index is -1.16. The monoisotopic (exact) mass is 500 g/mol. The van der Waals surface area contributed by atoms with Crippen LogP contribution in [0.2, 0.25) is 0 Å². The maximum absolute atomic E-state index is 13.0. The van der Waals surface area contributed by atoms with E-state index in [1.54, 1.807) is 12.1 Å². The molecule has 0 saturated carbocycles. The number of likely N-dealkylation sites (N-methyl/N-ethyl adjacent to an activating group) is 1. The highest BCUT2D eigenvalue weighted by atomic mass is 16.6. The predicted octanol–water partition coefficient (Wildman–Crippen LogP) is 1.91. The van der Waals surface area contributed by atoms with E-state index in [9.17, 15) is 19.8 Å².